The summed E-state index contributed by atoms with van der Waals surface area (Å²) in [5.74, 6) is -0.979. The van der Waals surface area contributed by atoms with E-state index < -0.39 is 22.8 Å². The zero-order valence-electron chi connectivity index (χ0n) is 19.2. The van der Waals surface area contributed by atoms with Gasteiger partial charge in [0.25, 0.3) is 0 Å². The summed E-state index contributed by atoms with van der Waals surface area (Å²) < 4.78 is 27.7. The molecule has 0 bridgehead atoms. The normalized spacial score (nSPS) is 15.7. The monoisotopic (exact) mass is 471 g/mol. The summed E-state index contributed by atoms with van der Waals surface area (Å²) in [6.07, 6.45) is 2.69. The van der Waals surface area contributed by atoms with Crippen LogP contribution in [0.5, 0.6) is 11.5 Å². The highest BCUT2D eigenvalue weighted by Crippen LogP contribution is 2.32. The van der Waals surface area contributed by atoms with Gasteiger partial charge in [-0.05, 0) is 31.9 Å². The van der Waals surface area contributed by atoms with Crippen molar-refractivity contribution in [2.45, 2.75) is 32.4 Å². The van der Waals surface area contributed by atoms with Crippen molar-refractivity contribution >= 4 is 22.8 Å². The predicted octanol–water partition coefficient (Wildman–Crippen LogP) is 2.57. The number of aliphatic hydroxyl groups is 1. The number of ether oxygens (including phenoxy) is 2. The molecule has 1 atom stereocenters. The Labute approximate surface area is 195 Å². The van der Waals surface area contributed by atoms with Crippen LogP contribution in [-0.2, 0) is 6.54 Å². The smallest absolute Gasteiger partial charge is 0.341 e. The molecule has 0 saturated carbocycles. The topological polar surface area (TPSA) is 114 Å². The molecule has 1 fully saturated rings. The minimum Gasteiger partial charge on any atom is -0.497 e. The van der Waals surface area contributed by atoms with Crippen LogP contribution in [0.2, 0.25) is 0 Å². The molecule has 0 radical (unpaired) electrons. The number of nitrogens with zero attached hydrogens (tertiary/aromatic N) is 3. The van der Waals surface area contributed by atoms with Crippen LogP contribution in [0.4, 0.5) is 10.2 Å². The Kier molecular flexibility index (Phi) is 6.43. The molecular formula is C24H26FN3O6. The van der Waals surface area contributed by atoms with E-state index >= 15 is 4.39 Å². The summed E-state index contributed by atoms with van der Waals surface area (Å²) >= 11 is 0. The largest absolute Gasteiger partial charge is 0.497 e. The Morgan fingerprint density at radius 3 is 2.71 bits per heavy atom. The maximum Gasteiger partial charge on any atom is 0.341 e. The third-order valence-corrected chi connectivity index (χ3v) is 6.29. The summed E-state index contributed by atoms with van der Waals surface area (Å²) in [5.41, 5.74) is -0.413. The number of rotatable bonds is 7. The molecule has 1 saturated heterocycles. The Morgan fingerprint density at radius 1 is 1.29 bits per heavy atom. The van der Waals surface area contributed by atoms with Crippen LogP contribution in [0.15, 0.2) is 29.2 Å². The van der Waals surface area contributed by atoms with Gasteiger partial charge in [0.15, 0.2) is 11.6 Å². The first-order chi connectivity index (χ1) is 16.3. The average Bonchev–Trinajstić information content (AvgIpc) is 3.31. The van der Waals surface area contributed by atoms with Gasteiger partial charge in [0, 0.05) is 29.9 Å². The van der Waals surface area contributed by atoms with Gasteiger partial charge in [-0.3, -0.25) is 4.79 Å². The number of fused-ring (bicyclic) bond motifs is 1. The van der Waals surface area contributed by atoms with Crippen molar-refractivity contribution in [3.8, 4) is 11.5 Å². The van der Waals surface area contributed by atoms with Gasteiger partial charge < -0.3 is 29.2 Å². The van der Waals surface area contributed by atoms with Crippen molar-refractivity contribution in [1.82, 2.24) is 9.55 Å². The molecule has 0 aliphatic carbocycles. The van der Waals surface area contributed by atoms with Crippen LogP contribution in [0, 0.1) is 12.7 Å². The molecule has 9 nitrogen and oxygen atoms in total. The maximum atomic E-state index is 15.5. The Hall–Kier alpha value is -3.66. The second-order valence-electron chi connectivity index (χ2n) is 8.23. The van der Waals surface area contributed by atoms with Crippen molar-refractivity contribution in [3.63, 3.8) is 0 Å². The highest BCUT2D eigenvalue weighted by molar-refractivity contribution is 5.93. The van der Waals surface area contributed by atoms with Crippen molar-refractivity contribution in [2.75, 3.05) is 32.3 Å². The molecule has 3 aromatic rings. The van der Waals surface area contributed by atoms with Gasteiger partial charge in [-0.2, -0.15) is 0 Å². The first-order valence-corrected chi connectivity index (χ1v) is 10.9. The second kappa shape index (κ2) is 9.30. The highest BCUT2D eigenvalue weighted by Gasteiger charge is 2.30. The van der Waals surface area contributed by atoms with Crippen molar-refractivity contribution < 1.29 is 28.9 Å². The molecule has 10 heteroatoms. The van der Waals surface area contributed by atoms with Crippen LogP contribution in [0.3, 0.4) is 0 Å². The van der Waals surface area contributed by atoms with E-state index in [1.54, 1.807) is 23.1 Å². The number of carbonyl (C=O) groups is 1. The SMILES string of the molecule is COc1ccc(Cn2cc(C(=O)O)c(=O)c3c(C)c(F)c(N4CCC[C@H]4CO)nc32)c(OC)c1. The number of benzene rings is 1. The number of hydrogen-bond acceptors (Lipinski definition) is 7. The van der Waals surface area contributed by atoms with Crippen molar-refractivity contribution in [3.05, 3.63) is 57.1 Å². The van der Waals surface area contributed by atoms with E-state index in [1.807, 2.05) is 0 Å². The number of pyridine rings is 2. The number of aryl methyl sites for hydroxylation is 1. The van der Waals surface area contributed by atoms with Crippen LogP contribution < -0.4 is 19.8 Å². The molecule has 0 unspecified atom stereocenters. The lowest BCUT2D eigenvalue weighted by molar-refractivity contribution is 0.0695. The summed E-state index contributed by atoms with van der Waals surface area (Å²) in [6.45, 7) is 1.93. The molecule has 4 rings (SSSR count). The number of carboxylic acid groups (broad SMARTS) is 1. The number of halogens is 1. The number of aliphatic hydroxyl groups excluding tert-OH is 1. The lowest BCUT2D eigenvalue weighted by Crippen LogP contribution is -2.34. The lowest BCUT2D eigenvalue weighted by atomic mass is 10.1. The van der Waals surface area contributed by atoms with E-state index in [9.17, 15) is 19.8 Å². The van der Waals surface area contributed by atoms with Crippen molar-refractivity contribution in [1.29, 1.82) is 0 Å². The van der Waals surface area contributed by atoms with Gasteiger partial charge in [-0.15, -0.1) is 0 Å². The van der Waals surface area contributed by atoms with Crippen LogP contribution in [0.1, 0.15) is 34.3 Å². The maximum absolute atomic E-state index is 15.5. The summed E-state index contributed by atoms with van der Waals surface area (Å²) in [5, 5.41) is 19.3. The first-order valence-electron chi connectivity index (χ1n) is 10.9. The summed E-state index contributed by atoms with van der Waals surface area (Å²) in [7, 11) is 3.03. The second-order valence-corrected chi connectivity index (χ2v) is 8.23. The number of methoxy groups -OCH3 is 2. The van der Waals surface area contributed by atoms with E-state index in [0.29, 0.717) is 30.0 Å². The van der Waals surface area contributed by atoms with Crippen molar-refractivity contribution in [2.24, 2.45) is 0 Å². The third-order valence-electron chi connectivity index (χ3n) is 6.29. The minimum atomic E-state index is -1.41. The van der Waals surface area contributed by atoms with Crippen LogP contribution >= 0.6 is 0 Å². The van der Waals surface area contributed by atoms with Gasteiger partial charge in [-0.1, -0.05) is 0 Å². The zero-order chi connectivity index (χ0) is 24.6. The minimum absolute atomic E-state index is 0.0205. The molecule has 180 valence electrons. The molecule has 0 spiro atoms. The number of carboxylic acids is 1. The lowest BCUT2D eigenvalue weighted by Gasteiger charge is -2.26. The summed E-state index contributed by atoms with van der Waals surface area (Å²) in [6, 6.07) is 4.92. The van der Waals surface area contributed by atoms with Gasteiger partial charge in [0.05, 0.1) is 38.8 Å². The average molecular weight is 471 g/mol. The molecule has 3 heterocycles. The molecule has 2 aromatic heterocycles. The third kappa shape index (κ3) is 3.94. The number of anilines is 1. The number of hydrogen-bond donors (Lipinski definition) is 2. The zero-order valence-corrected chi connectivity index (χ0v) is 19.2. The van der Waals surface area contributed by atoms with E-state index in [-0.39, 0.29) is 41.6 Å². The van der Waals surface area contributed by atoms with E-state index in [1.165, 1.54) is 31.9 Å². The Balaban J connectivity index is 1.98. The molecular weight excluding hydrogens is 445 g/mol. The molecule has 34 heavy (non-hydrogen) atoms. The fourth-order valence-electron chi connectivity index (χ4n) is 4.47. The summed E-state index contributed by atoms with van der Waals surface area (Å²) in [4.78, 5) is 31.0. The fourth-order valence-corrected chi connectivity index (χ4v) is 4.47. The number of aromatic carboxylic acids is 1. The van der Waals surface area contributed by atoms with Gasteiger partial charge in [0.2, 0.25) is 5.43 Å². The fraction of sp³-hybridized carbons (Fsp3) is 0.375. The van der Waals surface area contributed by atoms with Gasteiger partial charge in [0.1, 0.15) is 22.7 Å². The molecule has 1 aliphatic heterocycles. The predicted molar refractivity (Wildman–Crippen MR) is 124 cm³/mol. The van der Waals surface area contributed by atoms with E-state index in [4.69, 9.17) is 9.47 Å². The Bertz CT molecular complexity index is 1320. The molecule has 2 N–H and O–H groups in total. The van der Waals surface area contributed by atoms with Gasteiger partial charge >= 0.3 is 5.97 Å². The Morgan fingerprint density at radius 2 is 2.06 bits per heavy atom. The highest BCUT2D eigenvalue weighted by atomic mass is 19.1. The van der Waals surface area contributed by atoms with Crippen LogP contribution in [0.25, 0.3) is 11.0 Å². The molecule has 1 aliphatic rings. The van der Waals surface area contributed by atoms with Crippen LogP contribution in [-0.4, -0.2) is 59.1 Å². The van der Waals surface area contributed by atoms with E-state index in [0.717, 1.165) is 6.42 Å². The molecule has 0 amide bonds. The van der Waals surface area contributed by atoms with E-state index in [2.05, 4.69) is 4.98 Å². The van der Waals surface area contributed by atoms with Gasteiger partial charge in [-0.25, -0.2) is 14.2 Å². The standard InChI is InChI=1S/C24H26FN3O6/c1-13-19-21(30)17(24(31)32)11-27(10-14-6-7-16(33-2)9-18(14)34-3)22(19)26-23(20(13)25)28-8-4-5-15(28)12-29/h6-7,9,11,15,29H,4-5,8,10,12H2,1-3H3,(H,31,32)/t15-/m0/s1. The quantitative estimate of drug-likeness (QED) is 0.541. The number of aromatic nitrogens is 2. The first kappa shape index (κ1) is 23.5. The molecule has 1 aromatic carbocycles.